The van der Waals surface area contributed by atoms with E-state index in [-0.39, 0.29) is 0 Å². The zero-order valence-corrected chi connectivity index (χ0v) is 18.5. The Morgan fingerprint density at radius 2 is 1.83 bits per heavy atom. The first-order valence-corrected chi connectivity index (χ1v) is 12.0. The summed E-state index contributed by atoms with van der Waals surface area (Å²) in [6.07, 6.45) is 4.56. The number of nitrogens with one attached hydrogen (secondary N) is 1. The van der Waals surface area contributed by atoms with Gasteiger partial charge in [-0.15, -0.1) is 11.8 Å². The standard InChI is InChI=1S/C20H25N3O4S2/c1-5-27-18-10-8-17(9-11-18)23(29(4,25)26)15(2)20(24)22-21-14-16-6-12-19(28-3)13-7-16/h6-15H,5H2,1-4H3,(H,22,24)/b21-14-/t15-/m1/s1. The second-order valence-corrected chi connectivity index (χ2v) is 8.91. The third-order valence-electron chi connectivity index (χ3n) is 3.99. The van der Waals surface area contributed by atoms with Gasteiger partial charge in [-0.1, -0.05) is 12.1 Å². The highest BCUT2D eigenvalue weighted by Gasteiger charge is 2.29. The highest BCUT2D eigenvalue weighted by Crippen LogP contribution is 2.24. The summed E-state index contributed by atoms with van der Waals surface area (Å²) < 4.78 is 31.1. The predicted molar refractivity (Wildman–Crippen MR) is 118 cm³/mol. The first-order valence-electron chi connectivity index (χ1n) is 8.95. The monoisotopic (exact) mass is 435 g/mol. The number of carbonyl (C=O) groups excluding carboxylic acids is 1. The molecule has 0 spiro atoms. The summed E-state index contributed by atoms with van der Waals surface area (Å²) in [5, 5.41) is 3.94. The van der Waals surface area contributed by atoms with E-state index >= 15 is 0 Å². The number of thioether (sulfide) groups is 1. The Hall–Kier alpha value is -2.52. The number of rotatable bonds is 9. The first kappa shape index (κ1) is 22.8. The van der Waals surface area contributed by atoms with E-state index in [1.165, 1.54) is 13.1 Å². The van der Waals surface area contributed by atoms with Gasteiger partial charge in [0.15, 0.2) is 0 Å². The second kappa shape index (κ2) is 10.3. The molecule has 0 aliphatic carbocycles. The fraction of sp³-hybridized carbons (Fsp3) is 0.300. The van der Waals surface area contributed by atoms with Crippen LogP contribution in [-0.2, 0) is 14.8 Å². The molecule has 1 amide bonds. The van der Waals surface area contributed by atoms with E-state index in [1.807, 2.05) is 37.4 Å². The number of anilines is 1. The van der Waals surface area contributed by atoms with Crippen molar-refractivity contribution in [2.75, 3.05) is 23.4 Å². The normalized spacial score (nSPS) is 12.6. The molecule has 1 atom stereocenters. The molecule has 0 bridgehead atoms. The van der Waals surface area contributed by atoms with E-state index in [0.29, 0.717) is 18.0 Å². The fourth-order valence-corrected chi connectivity index (χ4v) is 4.20. The molecule has 1 N–H and O–H groups in total. The molecule has 2 rings (SSSR count). The van der Waals surface area contributed by atoms with Gasteiger partial charge in [0.1, 0.15) is 11.8 Å². The van der Waals surface area contributed by atoms with Crippen molar-refractivity contribution in [1.29, 1.82) is 0 Å². The molecular formula is C20H25N3O4S2. The van der Waals surface area contributed by atoms with Crippen LogP contribution >= 0.6 is 11.8 Å². The van der Waals surface area contributed by atoms with Crippen molar-refractivity contribution >= 4 is 39.6 Å². The highest BCUT2D eigenvalue weighted by atomic mass is 32.2. The maximum Gasteiger partial charge on any atom is 0.263 e. The molecule has 29 heavy (non-hydrogen) atoms. The van der Waals surface area contributed by atoms with Gasteiger partial charge in [0, 0.05) is 4.90 Å². The van der Waals surface area contributed by atoms with Crippen molar-refractivity contribution in [3.8, 4) is 5.75 Å². The van der Waals surface area contributed by atoms with Crippen LogP contribution in [0.2, 0.25) is 0 Å². The van der Waals surface area contributed by atoms with Crippen LogP contribution in [0, 0.1) is 0 Å². The lowest BCUT2D eigenvalue weighted by atomic mass is 10.2. The molecule has 2 aromatic carbocycles. The van der Waals surface area contributed by atoms with Gasteiger partial charge >= 0.3 is 0 Å². The molecule has 0 heterocycles. The number of sulfonamides is 1. The minimum absolute atomic E-state index is 0.371. The molecule has 156 valence electrons. The molecule has 0 saturated heterocycles. The van der Waals surface area contributed by atoms with Crippen molar-refractivity contribution in [1.82, 2.24) is 5.43 Å². The van der Waals surface area contributed by atoms with Crippen LogP contribution in [-0.4, -0.2) is 45.7 Å². The minimum atomic E-state index is -3.69. The van der Waals surface area contributed by atoms with Gasteiger partial charge < -0.3 is 4.74 Å². The molecule has 0 radical (unpaired) electrons. The van der Waals surface area contributed by atoms with Crippen molar-refractivity contribution in [3.63, 3.8) is 0 Å². The zero-order chi connectivity index (χ0) is 21.4. The molecule has 9 heteroatoms. The largest absolute Gasteiger partial charge is 0.494 e. The molecule has 0 unspecified atom stereocenters. The summed E-state index contributed by atoms with van der Waals surface area (Å²) in [5.41, 5.74) is 3.60. The van der Waals surface area contributed by atoms with E-state index in [2.05, 4.69) is 10.5 Å². The van der Waals surface area contributed by atoms with Crippen LogP contribution in [0.25, 0.3) is 0 Å². The number of hydrogen-bond acceptors (Lipinski definition) is 6. The number of hydrazone groups is 1. The van der Waals surface area contributed by atoms with E-state index in [9.17, 15) is 13.2 Å². The van der Waals surface area contributed by atoms with Gasteiger partial charge in [-0.25, -0.2) is 13.8 Å². The highest BCUT2D eigenvalue weighted by molar-refractivity contribution is 7.98. The molecule has 0 aliphatic rings. The Kier molecular flexibility index (Phi) is 8.10. The van der Waals surface area contributed by atoms with Crippen molar-refractivity contribution in [2.24, 2.45) is 5.10 Å². The number of nitrogens with zero attached hydrogens (tertiary/aromatic N) is 2. The Morgan fingerprint density at radius 3 is 2.34 bits per heavy atom. The van der Waals surface area contributed by atoms with E-state index in [0.717, 1.165) is 21.0 Å². The number of carbonyl (C=O) groups is 1. The van der Waals surface area contributed by atoms with E-state index in [1.54, 1.807) is 36.0 Å². The molecule has 0 aliphatic heterocycles. The molecule has 0 fully saturated rings. The van der Waals surface area contributed by atoms with Crippen LogP contribution < -0.4 is 14.5 Å². The van der Waals surface area contributed by atoms with Crippen molar-refractivity contribution < 1.29 is 17.9 Å². The molecule has 0 aromatic heterocycles. The van der Waals surface area contributed by atoms with Crippen LogP contribution in [0.4, 0.5) is 5.69 Å². The topological polar surface area (TPSA) is 88.1 Å². The lowest BCUT2D eigenvalue weighted by molar-refractivity contribution is -0.121. The molecule has 0 saturated carbocycles. The molecule has 7 nitrogen and oxygen atoms in total. The SMILES string of the molecule is CCOc1ccc(N([C@H](C)C(=O)N/N=C\c2ccc(SC)cc2)S(C)(=O)=O)cc1. The summed E-state index contributed by atoms with van der Waals surface area (Å²) in [4.78, 5) is 13.6. The van der Waals surface area contributed by atoms with Gasteiger partial charge in [-0.05, 0) is 62.1 Å². The van der Waals surface area contributed by atoms with Crippen LogP contribution in [0.3, 0.4) is 0 Å². The number of amides is 1. The van der Waals surface area contributed by atoms with Gasteiger partial charge in [-0.2, -0.15) is 5.10 Å². The Bertz CT molecular complexity index is 943. The van der Waals surface area contributed by atoms with Crippen molar-refractivity contribution in [2.45, 2.75) is 24.8 Å². The maximum absolute atomic E-state index is 12.5. The lowest BCUT2D eigenvalue weighted by Crippen LogP contribution is -2.46. The summed E-state index contributed by atoms with van der Waals surface area (Å²) in [5.74, 6) is 0.0835. The van der Waals surface area contributed by atoms with Crippen LogP contribution in [0.5, 0.6) is 5.75 Å². The zero-order valence-electron chi connectivity index (χ0n) is 16.8. The number of benzene rings is 2. The predicted octanol–water partition coefficient (Wildman–Crippen LogP) is 3.11. The lowest BCUT2D eigenvalue weighted by Gasteiger charge is -2.27. The van der Waals surface area contributed by atoms with Gasteiger partial charge in [0.2, 0.25) is 10.0 Å². The average molecular weight is 436 g/mol. The summed E-state index contributed by atoms with van der Waals surface area (Å²) in [6, 6.07) is 13.2. The van der Waals surface area contributed by atoms with Gasteiger partial charge in [0.25, 0.3) is 5.91 Å². The third-order valence-corrected chi connectivity index (χ3v) is 5.98. The minimum Gasteiger partial charge on any atom is -0.494 e. The average Bonchev–Trinajstić information content (AvgIpc) is 2.69. The van der Waals surface area contributed by atoms with Crippen LogP contribution in [0.1, 0.15) is 19.4 Å². The Morgan fingerprint density at radius 1 is 1.21 bits per heavy atom. The number of ether oxygens (including phenoxy) is 1. The van der Waals surface area contributed by atoms with Crippen LogP contribution in [0.15, 0.2) is 58.5 Å². The molecule has 2 aromatic rings. The summed E-state index contributed by atoms with van der Waals surface area (Å²) >= 11 is 1.63. The van der Waals surface area contributed by atoms with Gasteiger partial charge in [0.05, 0.1) is 24.8 Å². The summed E-state index contributed by atoms with van der Waals surface area (Å²) in [7, 11) is -3.69. The summed E-state index contributed by atoms with van der Waals surface area (Å²) in [6.45, 7) is 3.88. The maximum atomic E-state index is 12.5. The smallest absolute Gasteiger partial charge is 0.263 e. The Balaban J connectivity index is 2.12. The number of hydrogen-bond donors (Lipinski definition) is 1. The second-order valence-electron chi connectivity index (χ2n) is 6.17. The third kappa shape index (κ3) is 6.50. The first-order chi connectivity index (χ1) is 13.8. The van der Waals surface area contributed by atoms with Crippen molar-refractivity contribution in [3.05, 3.63) is 54.1 Å². The Labute approximate surface area is 176 Å². The van der Waals surface area contributed by atoms with E-state index in [4.69, 9.17) is 4.74 Å². The fourth-order valence-electron chi connectivity index (χ4n) is 2.62. The van der Waals surface area contributed by atoms with Gasteiger partial charge in [-0.3, -0.25) is 9.10 Å². The van der Waals surface area contributed by atoms with E-state index < -0.39 is 22.0 Å². The molecular weight excluding hydrogens is 410 g/mol. The quantitative estimate of drug-likeness (QED) is 0.371.